The molecule has 0 fully saturated rings. The average Bonchev–Trinajstić information content (AvgIpc) is 2.76. The lowest BCUT2D eigenvalue weighted by Gasteiger charge is -2.11. The number of carbonyl (C=O) groups is 1. The van der Waals surface area contributed by atoms with E-state index >= 15 is 0 Å². The fourth-order valence-corrected chi connectivity index (χ4v) is 3.18. The molecule has 1 heterocycles. The van der Waals surface area contributed by atoms with Gasteiger partial charge in [0.25, 0.3) is 5.56 Å². The molecular formula is C22H18BrN5O4. The highest BCUT2D eigenvalue weighted by molar-refractivity contribution is 9.10. The summed E-state index contributed by atoms with van der Waals surface area (Å²) >= 11 is 3.41. The molecule has 3 rings (SSSR count). The van der Waals surface area contributed by atoms with Gasteiger partial charge in [0.05, 0.1) is 18.5 Å². The first-order chi connectivity index (χ1) is 15.4. The number of hydrazone groups is 1. The highest BCUT2D eigenvalue weighted by Gasteiger charge is 2.14. The molecule has 9 nitrogen and oxygen atoms in total. The van der Waals surface area contributed by atoms with Crippen LogP contribution in [0.2, 0.25) is 0 Å². The van der Waals surface area contributed by atoms with Gasteiger partial charge >= 0.3 is 5.97 Å². The first kappa shape index (κ1) is 22.7. The third-order valence-corrected chi connectivity index (χ3v) is 4.76. The number of esters is 1. The summed E-state index contributed by atoms with van der Waals surface area (Å²) < 4.78 is 11.3. The van der Waals surface area contributed by atoms with E-state index in [0.717, 1.165) is 0 Å². The van der Waals surface area contributed by atoms with Crippen molar-refractivity contribution in [2.75, 3.05) is 12.0 Å². The van der Waals surface area contributed by atoms with Gasteiger partial charge in [-0.1, -0.05) is 30.3 Å². The molecule has 3 aromatic rings. The summed E-state index contributed by atoms with van der Waals surface area (Å²) in [6.45, 7) is 3.49. The maximum Gasteiger partial charge on any atom is 0.308 e. The zero-order valence-corrected chi connectivity index (χ0v) is 18.8. The number of halogens is 1. The van der Waals surface area contributed by atoms with Crippen LogP contribution in [0, 0.1) is 11.3 Å². The van der Waals surface area contributed by atoms with Crippen LogP contribution in [0.1, 0.15) is 25.0 Å². The maximum atomic E-state index is 12.3. The molecule has 0 aliphatic carbocycles. The normalized spacial score (nSPS) is 10.6. The Morgan fingerprint density at radius 1 is 1.31 bits per heavy atom. The Morgan fingerprint density at radius 2 is 2.06 bits per heavy atom. The number of aromatic nitrogens is 2. The van der Waals surface area contributed by atoms with Crippen molar-refractivity contribution < 1.29 is 14.3 Å². The van der Waals surface area contributed by atoms with Gasteiger partial charge in [0.15, 0.2) is 11.5 Å². The summed E-state index contributed by atoms with van der Waals surface area (Å²) in [5.74, 6) is 0.262. The van der Waals surface area contributed by atoms with E-state index in [0.29, 0.717) is 28.0 Å². The monoisotopic (exact) mass is 495 g/mol. The zero-order valence-electron chi connectivity index (χ0n) is 17.2. The molecule has 0 aliphatic heterocycles. The van der Waals surface area contributed by atoms with Crippen LogP contribution in [0.25, 0.3) is 11.3 Å². The van der Waals surface area contributed by atoms with Crippen molar-refractivity contribution in [1.82, 2.24) is 9.97 Å². The molecule has 2 N–H and O–H groups in total. The van der Waals surface area contributed by atoms with Crippen LogP contribution in [0.4, 0.5) is 5.95 Å². The van der Waals surface area contributed by atoms with Crippen LogP contribution in [-0.4, -0.2) is 28.8 Å². The molecule has 1 aromatic heterocycles. The molecule has 0 unspecified atom stereocenters. The number of nitrogens with zero attached hydrogens (tertiary/aromatic N) is 3. The Balaban J connectivity index is 1.90. The van der Waals surface area contributed by atoms with E-state index in [2.05, 4.69) is 36.4 Å². The minimum atomic E-state index is -0.579. The van der Waals surface area contributed by atoms with Crippen LogP contribution >= 0.6 is 15.9 Å². The molecule has 2 aromatic carbocycles. The second kappa shape index (κ2) is 10.4. The summed E-state index contributed by atoms with van der Waals surface area (Å²) in [5, 5.41) is 13.5. The number of aromatic amines is 1. The summed E-state index contributed by atoms with van der Waals surface area (Å²) in [6.07, 6.45) is 1.48. The summed E-state index contributed by atoms with van der Waals surface area (Å²) in [7, 11) is 0. The molecule has 0 bridgehead atoms. The van der Waals surface area contributed by atoms with Gasteiger partial charge in [-0.3, -0.25) is 14.6 Å². The number of anilines is 1. The van der Waals surface area contributed by atoms with Crippen molar-refractivity contribution in [1.29, 1.82) is 5.26 Å². The van der Waals surface area contributed by atoms with Crippen LogP contribution in [0.15, 0.2) is 56.8 Å². The SMILES string of the molecule is CCOc1cc(C=NNc2nc(-c3ccccc3)c(C#N)c(=O)[nH]2)c(Br)cc1OC(C)=O. The second-order valence-corrected chi connectivity index (χ2v) is 7.19. The molecule has 0 radical (unpaired) electrons. The molecule has 0 spiro atoms. The molecule has 162 valence electrons. The van der Waals surface area contributed by atoms with Gasteiger partial charge in [0.2, 0.25) is 5.95 Å². The number of hydrogen-bond donors (Lipinski definition) is 2. The van der Waals surface area contributed by atoms with Gasteiger partial charge in [-0.25, -0.2) is 10.4 Å². The van der Waals surface area contributed by atoms with Crippen molar-refractivity contribution in [3.8, 4) is 28.8 Å². The van der Waals surface area contributed by atoms with Crippen LogP contribution in [0.5, 0.6) is 11.5 Å². The Hall–Kier alpha value is -3.97. The maximum absolute atomic E-state index is 12.3. The van der Waals surface area contributed by atoms with Gasteiger partial charge < -0.3 is 9.47 Å². The highest BCUT2D eigenvalue weighted by atomic mass is 79.9. The molecule has 0 saturated carbocycles. The van der Waals surface area contributed by atoms with Crippen molar-refractivity contribution in [3.05, 3.63) is 68.4 Å². The number of benzene rings is 2. The summed E-state index contributed by atoms with van der Waals surface area (Å²) in [4.78, 5) is 30.4. The van der Waals surface area contributed by atoms with E-state index in [9.17, 15) is 14.9 Å². The number of rotatable bonds is 7. The van der Waals surface area contributed by atoms with Crippen molar-refractivity contribution >= 4 is 34.1 Å². The largest absolute Gasteiger partial charge is 0.490 e. The molecular weight excluding hydrogens is 478 g/mol. The van der Waals surface area contributed by atoms with Gasteiger partial charge in [0, 0.05) is 22.5 Å². The van der Waals surface area contributed by atoms with E-state index < -0.39 is 11.5 Å². The summed E-state index contributed by atoms with van der Waals surface area (Å²) in [6, 6.07) is 14.1. The first-order valence-electron chi connectivity index (χ1n) is 9.46. The number of nitriles is 1. The topological polar surface area (TPSA) is 129 Å². The third kappa shape index (κ3) is 5.39. The Morgan fingerprint density at radius 3 is 2.72 bits per heavy atom. The second-order valence-electron chi connectivity index (χ2n) is 6.33. The highest BCUT2D eigenvalue weighted by Crippen LogP contribution is 2.33. The smallest absolute Gasteiger partial charge is 0.308 e. The zero-order chi connectivity index (χ0) is 23.1. The Bertz CT molecular complexity index is 1270. The number of H-pyrrole nitrogens is 1. The fourth-order valence-electron chi connectivity index (χ4n) is 2.75. The minimum absolute atomic E-state index is 0.0711. The third-order valence-electron chi connectivity index (χ3n) is 4.07. The lowest BCUT2D eigenvalue weighted by molar-refractivity contribution is -0.132. The molecule has 0 saturated heterocycles. The molecule has 0 atom stereocenters. The van der Waals surface area contributed by atoms with E-state index in [-0.39, 0.29) is 23.0 Å². The van der Waals surface area contributed by atoms with Crippen molar-refractivity contribution in [2.45, 2.75) is 13.8 Å². The molecule has 32 heavy (non-hydrogen) atoms. The number of hydrogen-bond acceptors (Lipinski definition) is 8. The molecule has 0 aliphatic rings. The quantitative estimate of drug-likeness (QED) is 0.220. The number of nitrogens with one attached hydrogen (secondary N) is 2. The standard InChI is InChI=1S/C22H18BrN5O4/c1-3-31-18-9-15(17(23)10-19(18)32-13(2)29)12-25-28-22-26-20(14-7-5-4-6-8-14)16(11-24)21(30)27-22/h4-10,12H,3H2,1-2H3,(H2,26,27,28,30). The first-order valence-corrected chi connectivity index (χ1v) is 10.3. The lowest BCUT2D eigenvalue weighted by Crippen LogP contribution is -2.16. The van der Waals surface area contributed by atoms with Gasteiger partial charge in [-0.2, -0.15) is 10.4 Å². The van der Waals surface area contributed by atoms with E-state index in [1.807, 2.05) is 19.1 Å². The number of ether oxygens (including phenoxy) is 2. The molecule has 0 amide bonds. The summed E-state index contributed by atoms with van der Waals surface area (Å²) in [5.41, 5.74) is 3.50. The van der Waals surface area contributed by atoms with Crippen LogP contribution < -0.4 is 20.5 Å². The van der Waals surface area contributed by atoms with Crippen molar-refractivity contribution in [3.63, 3.8) is 0 Å². The van der Waals surface area contributed by atoms with Crippen molar-refractivity contribution in [2.24, 2.45) is 5.10 Å². The van der Waals surface area contributed by atoms with E-state index in [1.165, 1.54) is 13.1 Å². The van der Waals surface area contributed by atoms with Gasteiger partial charge in [-0.05, 0) is 35.0 Å². The van der Waals surface area contributed by atoms with Crippen LogP contribution in [-0.2, 0) is 4.79 Å². The van der Waals surface area contributed by atoms with Gasteiger partial charge in [0.1, 0.15) is 11.6 Å². The average molecular weight is 496 g/mol. The van der Waals surface area contributed by atoms with E-state index in [4.69, 9.17) is 9.47 Å². The predicted octanol–water partition coefficient (Wildman–Crippen LogP) is 3.84. The Kier molecular flexibility index (Phi) is 7.36. The Labute approximate surface area is 191 Å². The van der Waals surface area contributed by atoms with Crippen LogP contribution in [0.3, 0.4) is 0 Å². The predicted molar refractivity (Wildman–Crippen MR) is 123 cm³/mol. The van der Waals surface area contributed by atoms with Gasteiger partial charge in [-0.15, -0.1) is 0 Å². The fraction of sp³-hybridized carbons (Fsp3) is 0.136. The van der Waals surface area contributed by atoms with E-state index in [1.54, 1.807) is 36.4 Å². The lowest BCUT2D eigenvalue weighted by atomic mass is 10.1. The number of carbonyl (C=O) groups excluding carboxylic acids is 1. The molecule has 10 heteroatoms. The minimum Gasteiger partial charge on any atom is -0.490 e.